The van der Waals surface area contributed by atoms with Crippen LogP contribution in [0.15, 0.2) is 53.7 Å². The lowest BCUT2D eigenvalue weighted by molar-refractivity contribution is -0.119. The Kier molecular flexibility index (Phi) is 7.04. The Hall–Kier alpha value is -2.67. The van der Waals surface area contributed by atoms with E-state index in [0.717, 1.165) is 28.8 Å². The third-order valence-electron chi connectivity index (χ3n) is 4.67. The number of tetrazole rings is 1. The highest BCUT2D eigenvalue weighted by molar-refractivity contribution is 7.99. The van der Waals surface area contributed by atoms with Gasteiger partial charge in [-0.05, 0) is 53.3 Å². The summed E-state index contributed by atoms with van der Waals surface area (Å²) in [7, 11) is 0. The number of carbonyl (C=O) groups is 1. The van der Waals surface area contributed by atoms with Crippen LogP contribution in [0.3, 0.4) is 0 Å². The second-order valence-electron chi connectivity index (χ2n) is 7.56. The van der Waals surface area contributed by atoms with Gasteiger partial charge in [-0.3, -0.25) is 4.79 Å². The van der Waals surface area contributed by atoms with E-state index in [9.17, 15) is 4.79 Å². The quantitative estimate of drug-likeness (QED) is 0.562. The molecule has 0 unspecified atom stereocenters. The van der Waals surface area contributed by atoms with Gasteiger partial charge in [0.25, 0.3) is 0 Å². The molecule has 0 saturated carbocycles. The lowest BCUT2D eigenvalue weighted by atomic mass is 9.97. The van der Waals surface area contributed by atoms with Crippen LogP contribution in [-0.2, 0) is 4.79 Å². The number of aromatic nitrogens is 4. The fourth-order valence-electron chi connectivity index (χ4n) is 3.35. The molecule has 6 nitrogen and oxygen atoms in total. The van der Waals surface area contributed by atoms with Gasteiger partial charge in [-0.25, -0.2) is 0 Å². The number of amides is 1. The van der Waals surface area contributed by atoms with Crippen LogP contribution in [0, 0.1) is 19.8 Å². The Morgan fingerprint density at radius 1 is 1.07 bits per heavy atom. The summed E-state index contributed by atoms with van der Waals surface area (Å²) in [6.45, 7) is 8.38. The average molecular weight is 410 g/mol. The van der Waals surface area contributed by atoms with Crippen molar-refractivity contribution in [3.63, 3.8) is 0 Å². The Balaban J connectivity index is 1.69. The number of para-hydroxylation sites is 1. The first-order valence-electron chi connectivity index (χ1n) is 9.77. The zero-order valence-electron chi connectivity index (χ0n) is 17.3. The average Bonchev–Trinajstić information content (AvgIpc) is 3.14. The van der Waals surface area contributed by atoms with Crippen molar-refractivity contribution in [2.45, 2.75) is 45.3 Å². The molecular formula is C22H27N5OS. The molecule has 0 radical (unpaired) electrons. The third kappa shape index (κ3) is 5.44. The molecule has 0 aliphatic rings. The summed E-state index contributed by atoms with van der Waals surface area (Å²) in [5, 5.41) is 15.9. The number of benzene rings is 2. The van der Waals surface area contributed by atoms with Crippen LogP contribution < -0.4 is 5.32 Å². The summed E-state index contributed by atoms with van der Waals surface area (Å²) in [6.07, 6.45) is 0.889. The van der Waals surface area contributed by atoms with Crippen LogP contribution >= 0.6 is 11.8 Å². The number of nitrogens with zero attached hydrogens (tertiary/aromatic N) is 4. The summed E-state index contributed by atoms with van der Waals surface area (Å²) < 4.78 is 1.71. The molecule has 3 aromatic rings. The molecule has 1 atom stereocenters. The van der Waals surface area contributed by atoms with Crippen LogP contribution in [0.5, 0.6) is 0 Å². The van der Waals surface area contributed by atoms with E-state index in [4.69, 9.17) is 0 Å². The minimum atomic E-state index is -0.0273. The lowest BCUT2D eigenvalue weighted by Gasteiger charge is -2.21. The zero-order chi connectivity index (χ0) is 20.8. The van der Waals surface area contributed by atoms with Crippen LogP contribution in [0.2, 0.25) is 0 Å². The summed E-state index contributed by atoms with van der Waals surface area (Å²) in [5.74, 6) is 0.706. The van der Waals surface area contributed by atoms with Crippen molar-refractivity contribution in [3.8, 4) is 5.69 Å². The van der Waals surface area contributed by atoms with E-state index >= 15 is 0 Å². The van der Waals surface area contributed by atoms with Crippen LogP contribution in [0.1, 0.15) is 43.0 Å². The summed E-state index contributed by atoms with van der Waals surface area (Å²) >= 11 is 1.34. The van der Waals surface area contributed by atoms with Crippen molar-refractivity contribution < 1.29 is 4.79 Å². The monoisotopic (exact) mass is 409 g/mol. The Bertz CT molecular complexity index is 935. The molecule has 0 spiro atoms. The number of thioether (sulfide) groups is 1. The van der Waals surface area contributed by atoms with Crippen molar-refractivity contribution in [3.05, 3.63) is 65.2 Å². The van der Waals surface area contributed by atoms with E-state index in [-0.39, 0.29) is 17.7 Å². The van der Waals surface area contributed by atoms with Gasteiger partial charge < -0.3 is 5.32 Å². The predicted molar refractivity (Wildman–Crippen MR) is 116 cm³/mol. The molecule has 29 heavy (non-hydrogen) atoms. The van der Waals surface area contributed by atoms with Gasteiger partial charge >= 0.3 is 0 Å². The van der Waals surface area contributed by atoms with Gasteiger partial charge in [-0.15, -0.1) is 5.10 Å². The topological polar surface area (TPSA) is 72.7 Å². The van der Waals surface area contributed by atoms with Gasteiger partial charge in [0, 0.05) is 0 Å². The molecule has 0 bridgehead atoms. The van der Waals surface area contributed by atoms with E-state index in [1.54, 1.807) is 4.68 Å². The van der Waals surface area contributed by atoms with Gasteiger partial charge in [0.15, 0.2) is 0 Å². The number of rotatable bonds is 8. The molecule has 0 aliphatic carbocycles. The molecule has 3 rings (SSSR count). The van der Waals surface area contributed by atoms with Crippen LogP contribution in [-0.4, -0.2) is 31.9 Å². The van der Waals surface area contributed by atoms with Crippen molar-refractivity contribution in [2.24, 2.45) is 5.92 Å². The third-order valence-corrected chi connectivity index (χ3v) is 5.59. The number of nitrogens with one attached hydrogen (secondary N) is 1. The second-order valence-corrected chi connectivity index (χ2v) is 8.51. The molecule has 0 aliphatic heterocycles. The zero-order valence-corrected chi connectivity index (χ0v) is 18.1. The summed E-state index contributed by atoms with van der Waals surface area (Å²) in [4.78, 5) is 12.7. The SMILES string of the molecule is Cc1cccc(C)c1-n1nnnc1SCC(=O)N[C@H](CC(C)C)c1ccccc1. The van der Waals surface area contributed by atoms with Gasteiger partial charge in [-0.1, -0.05) is 74.1 Å². The molecule has 0 fully saturated rings. The van der Waals surface area contributed by atoms with E-state index in [0.29, 0.717) is 11.1 Å². The number of hydrogen-bond donors (Lipinski definition) is 1. The Morgan fingerprint density at radius 2 is 1.76 bits per heavy atom. The lowest BCUT2D eigenvalue weighted by Crippen LogP contribution is -2.31. The highest BCUT2D eigenvalue weighted by Gasteiger charge is 2.18. The van der Waals surface area contributed by atoms with Crippen molar-refractivity contribution in [1.29, 1.82) is 0 Å². The van der Waals surface area contributed by atoms with E-state index in [1.165, 1.54) is 11.8 Å². The smallest absolute Gasteiger partial charge is 0.230 e. The van der Waals surface area contributed by atoms with Gasteiger partial charge in [-0.2, -0.15) is 4.68 Å². The largest absolute Gasteiger partial charge is 0.349 e. The molecule has 7 heteroatoms. The van der Waals surface area contributed by atoms with Crippen LogP contribution in [0.25, 0.3) is 5.69 Å². The van der Waals surface area contributed by atoms with Crippen molar-refractivity contribution in [1.82, 2.24) is 25.5 Å². The van der Waals surface area contributed by atoms with Gasteiger partial charge in [0.05, 0.1) is 17.5 Å². The number of hydrogen-bond acceptors (Lipinski definition) is 5. The maximum absolute atomic E-state index is 12.7. The molecule has 1 amide bonds. The maximum Gasteiger partial charge on any atom is 0.230 e. The highest BCUT2D eigenvalue weighted by atomic mass is 32.2. The minimum absolute atomic E-state index is 0.00101. The maximum atomic E-state index is 12.7. The van der Waals surface area contributed by atoms with E-state index < -0.39 is 0 Å². The Labute approximate surface area is 176 Å². The van der Waals surface area contributed by atoms with Gasteiger partial charge in [0.2, 0.25) is 11.1 Å². The molecule has 2 aromatic carbocycles. The molecule has 1 N–H and O–H groups in total. The van der Waals surface area contributed by atoms with E-state index in [1.807, 2.05) is 50.2 Å². The molecule has 1 heterocycles. The standard InChI is InChI=1S/C22H27N5OS/c1-15(2)13-19(18-11-6-5-7-12-18)23-20(28)14-29-22-24-25-26-27(22)21-16(3)9-8-10-17(21)4/h5-12,15,19H,13-14H2,1-4H3,(H,23,28)/t19-/m1/s1. The van der Waals surface area contributed by atoms with E-state index in [2.05, 4.69) is 46.8 Å². The number of aryl methyl sites for hydroxylation is 2. The Morgan fingerprint density at radius 3 is 2.41 bits per heavy atom. The van der Waals surface area contributed by atoms with Crippen LogP contribution in [0.4, 0.5) is 0 Å². The normalized spacial score (nSPS) is 12.2. The molecule has 1 aromatic heterocycles. The second kappa shape index (κ2) is 9.69. The first kappa shape index (κ1) is 21.0. The van der Waals surface area contributed by atoms with Crippen molar-refractivity contribution >= 4 is 17.7 Å². The predicted octanol–water partition coefficient (Wildman–Crippen LogP) is 4.27. The fraction of sp³-hybridized carbons (Fsp3) is 0.364. The summed E-state index contributed by atoms with van der Waals surface area (Å²) in [5.41, 5.74) is 4.26. The highest BCUT2D eigenvalue weighted by Crippen LogP contribution is 2.24. The first-order chi connectivity index (χ1) is 14.0. The number of carbonyl (C=O) groups excluding carboxylic acids is 1. The molecular weight excluding hydrogens is 382 g/mol. The van der Waals surface area contributed by atoms with Crippen molar-refractivity contribution in [2.75, 3.05) is 5.75 Å². The molecule has 0 saturated heterocycles. The first-order valence-corrected chi connectivity index (χ1v) is 10.8. The molecule has 152 valence electrons. The van der Waals surface area contributed by atoms with Gasteiger partial charge in [0.1, 0.15) is 0 Å². The summed E-state index contributed by atoms with van der Waals surface area (Å²) in [6, 6.07) is 16.2. The fourth-order valence-corrected chi connectivity index (χ4v) is 4.04. The minimum Gasteiger partial charge on any atom is -0.349 e.